The molecule has 3 N–H and O–H groups in total. The van der Waals surface area contributed by atoms with Gasteiger partial charge < -0.3 is 20.3 Å². The van der Waals surface area contributed by atoms with Crippen LogP contribution in [0.1, 0.15) is 57.9 Å². The molecule has 2 aromatic rings. The largest absolute Gasteiger partial charge is 0.486 e. The molecule has 0 radical (unpaired) electrons. The molecule has 1 amide bonds. The maximum absolute atomic E-state index is 12.3. The molecule has 27 heavy (non-hydrogen) atoms. The van der Waals surface area contributed by atoms with E-state index in [4.69, 9.17) is 15.2 Å². The molecular weight excluding hydrogens is 346 g/mol. The molecule has 0 bridgehead atoms. The van der Waals surface area contributed by atoms with Crippen molar-refractivity contribution in [2.45, 2.75) is 31.6 Å². The number of amides is 1. The topological polar surface area (TPSA) is 98.9 Å². The maximum Gasteiger partial charge on any atom is 0.339 e. The van der Waals surface area contributed by atoms with E-state index < -0.39 is 11.9 Å². The van der Waals surface area contributed by atoms with Crippen LogP contribution in [-0.2, 0) is 0 Å². The Kier molecular flexibility index (Phi) is 4.48. The Labute approximate surface area is 156 Å². The van der Waals surface area contributed by atoms with Gasteiger partial charge in [0.1, 0.15) is 18.8 Å². The van der Waals surface area contributed by atoms with Gasteiger partial charge in [-0.2, -0.15) is 0 Å². The lowest BCUT2D eigenvalue weighted by Gasteiger charge is -2.22. The molecule has 0 spiro atoms. The summed E-state index contributed by atoms with van der Waals surface area (Å²) in [5.74, 6) is -0.697. The predicted octanol–water partition coefficient (Wildman–Crippen LogP) is 3.58. The van der Waals surface area contributed by atoms with Crippen LogP contribution in [0, 0.1) is 0 Å². The second kappa shape index (κ2) is 6.95. The number of carbonyl (C=O) groups excluding carboxylic acids is 1. The number of hydrogen-bond donors (Lipinski definition) is 2. The number of carbonyl (C=O) groups is 2. The third-order valence-corrected chi connectivity index (χ3v) is 5.32. The molecule has 2 aromatic carbocycles. The third kappa shape index (κ3) is 3.12. The Balaban J connectivity index is 1.91. The fourth-order valence-electron chi connectivity index (χ4n) is 4.13. The molecule has 1 saturated carbocycles. The van der Waals surface area contributed by atoms with Gasteiger partial charge >= 0.3 is 5.97 Å². The van der Waals surface area contributed by atoms with Crippen molar-refractivity contribution in [3.8, 4) is 22.6 Å². The molecule has 0 unspecified atom stereocenters. The molecule has 1 fully saturated rings. The van der Waals surface area contributed by atoms with Crippen LogP contribution in [0.3, 0.4) is 0 Å². The molecule has 0 atom stereocenters. The Morgan fingerprint density at radius 2 is 1.81 bits per heavy atom. The van der Waals surface area contributed by atoms with Gasteiger partial charge in [0.2, 0.25) is 5.91 Å². The van der Waals surface area contributed by atoms with Gasteiger partial charge in [-0.3, -0.25) is 4.79 Å². The second-order valence-corrected chi connectivity index (χ2v) is 6.97. The lowest BCUT2D eigenvalue weighted by molar-refractivity contribution is 0.0686. The van der Waals surface area contributed by atoms with Crippen molar-refractivity contribution < 1.29 is 24.2 Å². The Hall–Kier alpha value is -3.02. The summed E-state index contributed by atoms with van der Waals surface area (Å²) in [5, 5.41) is 9.59. The zero-order valence-electron chi connectivity index (χ0n) is 14.9. The molecular formula is C21H21NO5. The van der Waals surface area contributed by atoms with Crippen LogP contribution in [0.4, 0.5) is 0 Å². The molecule has 0 aromatic heterocycles. The van der Waals surface area contributed by atoms with Crippen molar-refractivity contribution in [3.63, 3.8) is 0 Å². The molecule has 2 aliphatic rings. The summed E-state index contributed by atoms with van der Waals surface area (Å²) in [6.07, 6.45) is 4.34. The number of carboxylic acid groups (broad SMARTS) is 1. The SMILES string of the molecule is NC(=O)c1c(-c2cc3c(c(C(=O)O)c2)OCCO3)cccc1C1CCCC1. The summed E-state index contributed by atoms with van der Waals surface area (Å²) in [5.41, 5.74) is 8.40. The third-order valence-electron chi connectivity index (χ3n) is 5.32. The number of hydrogen-bond acceptors (Lipinski definition) is 4. The lowest BCUT2D eigenvalue weighted by Crippen LogP contribution is -2.19. The van der Waals surface area contributed by atoms with E-state index >= 15 is 0 Å². The van der Waals surface area contributed by atoms with E-state index in [-0.39, 0.29) is 11.3 Å². The number of benzene rings is 2. The molecule has 1 aliphatic heterocycles. The highest BCUT2D eigenvalue weighted by atomic mass is 16.6. The van der Waals surface area contributed by atoms with Crippen LogP contribution in [0.2, 0.25) is 0 Å². The highest BCUT2D eigenvalue weighted by molar-refractivity contribution is 6.03. The van der Waals surface area contributed by atoms with Crippen molar-refractivity contribution in [3.05, 3.63) is 47.0 Å². The van der Waals surface area contributed by atoms with Gasteiger partial charge in [-0.1, -0.05) is 31.0 Å². The van der Waals surface area contributed by atoms with E-state index in [1.165, 1.54) is 6.07 Å². The zero-order chi connectivity index (χ0) is 19.0. The van der Waals surface area contributed by atoms with Crippen LogP contribution in [-0.4, -0.2) is 30.2 Å². The number of nitrogens with two attached hydrogens (primary N) is 1. The first-order chi connectivity index (χ1) is 13.1. The van der Waals surface area contributed by atoms with Crippen LogP contribution in [0.25, 0.3) is 11.1 Å². The van der Waals surface area contributed by atoms with Crippen molar-refractivity contribution in [2.75, 3.05) is 13.2 Å². The minimum absolute atomic E-state index is 0.0175. The van der Waals surface area contributed by atoms with Crippen LogP contribution >= 0.6 is 0 Å². The first-order valence-electron chi connectivity index (χ1n) is 9.16. The highest BCUT2D eigenvalue weighted by Crippen LogP contribution is 2.42. The number of carboxylic acids is 1. The summed E-state index contributed by atoms with van der Waals surface area (Å²) in [7, 11) is 0. The average molecular weight is 367 g/mol. The van der Waals surface area contributed by atoms with Crippen LogP contribution in [0.15, 0.2) is 30.3 Å². The summed E-state index contributed by atoms with van der Waals surface area (Å²) in [6.45, 7) is 0.649. The molecule has 1 aliphatic carbocycles. The van der Waals surface area contributed by atoms with Crippen molar-refractivity contribution in [1.82, 2.24) is 0 Å². The van der Waals surface area contributed by atoms with E-state index in [1.54, 1.807) is 12.1 Å². The van der Waals surface area contributed by atoms with Gasteiger partial charge in [0.05, 0.1) is 5.56 Å². The zero-order valence-corrected chi connectivity index (χ0v) is 14.9. The first kappa shape index (κ1) is 17.4. The van der Waals surface area contributed by atoms with Gasteiger partial charge in [-0.05, 0) is 47.6 Å². The molecule has 0 saturated heterocycles. The Morgan fingerprint density at radius 1 is 1.07 bits per heavy atom. The van der Waals surface area contributed by atoms with E-state index in [0.29, 0.717) is 41.6 Å². The van der Waals surface area contributed by atoms with Gasteiger partial charge in [0, 0.05) is 0 Å². The van der Waals surface area contributed by atoms with Gasteiger partial charge in [0.15, 0.2) is 11.5 Å². The Morgan fingerprint density at radius 3 is 2.52 bits per heavy atom. The van der Waals surface area contributed by atoms with Crippen molar-refractivity contribution in [1.29, 1.82) is 0 Å². The number of aromatic carboxylic acids is 1. The maximum atomic E-state index is 12.3. The average Bonchev–Trinajstić information content (AvgIpc) is 3.21. The fourth-order valence-corrected chi connectivity index (χ4v) is 4.13. The van der Waals surface area contributed by atoms with E-state index in [0.717, 1.165) is 31.2 Å². The van der Waals surface area contributed by atoms with E-state index in [2.05, 4.69) is 0 Å². The normalized spacial score (nSPS) is 16.3. The number of primary amides is 1. The molecule has 1 heterocycles. The van der Waals surface area contributed by atoms with E-state index in [9.17, 15) is 14.7 Å². The minimum atomic E-state index is -1.11. The second-order valence-electron chi connectivity index (χ2n) is 6.97. The van der Waals surface area contributed by atoms with E-state index in [1.807, 2.05) is 12.1 Å². The quantitative estimate of drug-likeness (QED) is 0.860. The van der Waals surface area contributed by atoms with Gasteiger partial charge in [-0.15, -0.1) is 0 Å². The molecule has 6 heteroatoms. The van der Waals surface area contributed by atoms with Crippen molar-refractivity contribution in [2.24, 2.45) is 5.73 Å². The molecule has 140 valence electrons. The molecule has 4 rings (SSSR count). The standard InChI is InChI=1S/C21H21NO5/c22-20(23)18-14(12-4-1-2-5-12)6-3-7-15(18)13-10-16(21(24)25)19-17(11-13)26-8-9-27-19/h3,6-7,10-12H,1-2,4-5,8-9H2,(H2,22,23)(H,24,25). The summed E-state index contributed by atoms with van der Waals surface area (Å²) < 4.78 is 11.1. The lowest BCUT2D eigenvalue weighted by atomic mass is 9.87. The van der Waals surface area contributed by atoms with Crippen LogP contribution in [0.5, 0.6) is 11.5 Å². The highest BCUT2D eigenvalue weighted by Gasteiger charge is 2.27. The summed E-state index contributed by atoms with van der Waals surface area (Å²) in [4.78, 5) is 24.1. The fraction of sp³-hybridized carbons (Fsp3) is 0.333. The summed E-state index contributed by atoms with van der Waals surface area (Å²) >= 11 is 0. The number of fused-ring (bicyclic) bond motifs is 1. The van der Waals surface area contributed by atoms with Crippen LogP contribution < -0.4 is 15.2 Å². The smallest absolute Gasteiger partial charge is 0.339 e. The number of ether oxygens (including phenoxy) is 2. The monoisotopic (exact) mass is 367 g/mol. The van der Waals surface area contributed by atoms with Crippen molar-refractivity contribution >= 4 is 11.9 Å². The number of rotatable bonds is 4. The van der Waals surface area contributed by atoms with Gasteiger partial charge in [-0.25, -0.2) is 4.79 Å². The Bertz CT molecular complexity index is 915. The minimum Gasteiger partial charge on any atom is -0.486 e. The summed E-state index contributed by atoms with van der Waals surface area (Å²) in [6, 6.07) is 8.90. The molecule has 6 nitrogen and oxygen atoms in total. The van der Waals surface area contributed by atoms with Gasteiger partial charge in [0.25, 0.3) is 0 Å². The first-order valence-corrected chi connectivity index (χ1v) is 9.16. The predicted molar refractivity (Wildman–Crippen MR) is 99.6 cm³/mol.